The van der Waals surface area contributed by atoms with Crippen LogP contribution in [-0.2, 0) is 7.05 Å². The van der Waals surface area contributed by atoms with E-state index in [1.165, 1.54) is 23.7 Å². The predicted molar refractivity (Wildman–Crippen MR) is 64.0 cm³/mol. The van der Waals surface area contributed by atoms with E-state index in [-0.39, 0.29) is 5.69 Å². The molecule has 0 aliphatic carbocycles. The topological polar surface area (TPSA) is 85.0 Å². The van der Waals surface area contributed by atoms with E-state index < -0.39 is 4.92 Å². The minimum atomic E-state index is -0.414. The Balaban J connectivity index is 1.87. The zero-order valence-corrected chi connectivity index (χ0v) is 9.85. The maximum Gasteiger partial charge on any atom is 0.330 e. The smallest absolute Gasteiger partial charge is 0.330 e. The summed E-state index contributed by atoms with van der Waals surface area (Å²) in [4.78, 5) is 10.3. The maximum absolute atomic E-state index is 10.8. The Hall–Kier alpha value is -1.63. The van der Waals surface area contributed by atoms with Crippen molar-refractivity contribution in [3.05, 3.63) is 16.3 Å². The quantitative estimate of drug-likeness (QED) is 0.588. The summed E-state index contributed by atoms with van der Waals surface area (Å²) in [5.74, 6) is 0.357. The Kier molecular flexibility index (Phi) is 3.58. The van der Waals surface area contributed by atoms with Gasteiger partial charge in [0.1, 0.15) is 6.20 Å². The molecule has 1 aliphatic heterocycles. The van der Waals surface area contributed by atoms with Gasteiger partial charge < -0.3 is 10.6 Å². The molecule has 94 valence electrons. The van der Waals surface area contributed by atoms with Crippen molar-refractivity contribution in [2.75, 3.05) is 18.4 Å². The minimum Gasteiger partial charge on any atom is -0.363 e. The van der Waals surface area contributed by atoms with Gasteiger partial charge in [0.05, 0.1) is 4.92 Å². The Morgan fingerprint density at radius 2 is 2.59 bits per heavy atom. The van der Waals surface area contributed by atoms with Crippen molar-refractivity contribution < 1.29 is 4.92 Å². The fourth-order valence-electron chi connectivity index (χ4n) is 2.10. The summed E-state index contributed by atoms with van der Waals surface area (Å²) in [5.41, 5.74) is 0.0341. The number of nitro groups is 1. The van der Waals surface area contributed by atoms with E-state index in [2.05, 4.69) is 15.7 Å². The van der Waals surface area contributed by atoms with Gasteiger partial charge in [-0.25, -0.2) is 0 Å². The third-order valence-corrected chi connectivity index (χ3v) is 2.95. The monoisotopic (exact) mass is 239 g/mol. The van der Waals surface area contributed by atoms with Crippen LogP contribution in [0.1, 0.15) is 19.3 Å². The molecule has 17 heavy (non-hydrogen) atoms. The van der Waals surface area contributed by atoms with Gasteiger partial charge >= 0.3 is 5.69 Å². The molecule has 0 spiro atoms. The lowest BCUT2D eigenvalue weighted by atomic mass is 10.1. The maximum atomic E-state index is 10.8. The van der Waals surface area contributed by atoms with Gasteiger partial charge in [-0.05, 0) is 25.8 Å². The Labute approximate surface area is 99.3 Å². The molecule has 1 aromatic rings. The van der Waals surface area contributed by atoms with E-state index in [1.54, 1.807) is 7.05 Å². The summed E-state index contributed by atoms with van der Waals surface area (Å²) in [6, 6.07) is 0.533. The minimum absolute atomic E-state index is 0.0341. The molecule has 1 fully saturated rings. The molecule has 7 heteroatoms. The fraction of sp³-hybridized carbons (Fsp3) is 0.700. The van der Waals surface area contributed by atoms with E-state index in [1.807, 2.05) is 0 Å². The summed E-state index contributed by atoms with van der Waals surface area (Å²) in [5, 5.41) is 21.2. The van der Waals surface area contributed by atoms with Crippen LogP contribution < -0.4 is 10.6 Å². The summed E-state index contributed by atoms with van der Waals surface area (Å²) in [6.45, 7) is 1.78. The highest BCUT2D eigenvalue weighted by atomic mass is 16.6. The SMILES string of the molecule is Cn1cc([N+](=O)[O-])c(NCC[C@H]2CCCN2)n1. The molecule has 0 bridgehead atoms. The fourth-order valence-corrected chi connectivity index (χ4v) is 2.10. The molecule has 7 nitrogen and oxygen atoms in total. The third-order valence-electron chi connectivity index (χ3n) is 2.95. The van der Waals surface area contributed by atoms with Gasteiger partial charge in [0.25, 0.3) is 0 Å². The molecule has 0 saturated carbocycles. The first-order valence-corrected chi connectivity index (χ1v) is 5.82. The molecule has 1 saturated heterocycles. The molecule has 1 aromatic heterocycles. The van der Waals surface area contributed by atoms with Crippen molar-refractivity contribution in [1.82, 2.24) is 15.1 Å². The summed E-state index contributed by atoms with van der Waals surface area (Å²) in [7, 11) is 1.68. The van der Waals surface area contributed by atoms with Crippen LogP contribution in [0.2, 0.25) is 0 Å². The van der Waals surface area contributed by atoms with Gasteiger partial charge in [0, 0.05) is 19.6 Å². The first-order chi connectivity index (χ1) is 8.16. The number of aryl methyl sites for hydroxylation is 1. The lowest BCUT2D eigenvalue weighted by Gasteiger charge is -2.09. The van der Waals surface area contributed by atoms with Gasteiger partial charge in [-0.3, -0.25) is 14.8 Å². The highest BCUT2D eigenvalue weighted by Crippen LogP contribution is 2.21. The second-order valence-corrected chi connectivity index (χ2v) is 4.30. The zero-order chi connectivity index (χ0) is 12.3. The van der Waals surface area contributed by atoms with Gasteiger partial charge in [0.2, 0.25) is 5.82 Å². The van der Waals surface area contributed by atoms with Crippen molar-refractivity contribution in [3.8, 4) is 0 Å². The highest BCUT2D eigenvalue weighted by Gasteiger charge is 2.19. The van der Waals surface area contributed by atoms with Gasteiger partial charge in [-0.2, -0.15) is 0 Å². The van der Waals surface area contributed by atoms with E-state index in [0.29, 0.717) is 18.4 Å². The molecule has 0 unspecified atom stereocenters. The van der Waals surface area contributed by atoms with Crippen LogP contribution in [0, 0.1) is 10.1 Å². The van der Waals surface area contributed by atoms with E-state index in [9.17, 15) is 10.1 Å². The van der Waals surface area contributed by atoms with Crippen LogP contribution in [0.15, 0.2) is 6.20 Å². The normalized spacial score (nSPS) is 19.5. The second-order valence-electron chi connectivity index (χ2n) is 4.30. The summed E-state index contributed by atoms with van der Waals surface area (Å²) in [6.07, 6.45) is 4.78. The number of aromatic nitrogens is 2. The molecule has 0 amide bonds. The van der Waals surface area contributed by atoms with E-state index in [4.69, 9.17) is 0 Å². The van der Waals surface area contributed by atoms with E-state index >= 15 is 0 Å². The first-order valence-electron chi connectivity index (χ1n) is 5.82. The number of hydrogen-bond donors (Lipinski definition) is 2. The molecule has 2 rings (SSSR count). The Morgan fingerprint density at radius 3 is 3.24 bits per heavy atom. The molecule has 2 N–H and O–H groups in total. The summed E-state index contributed by atoms with van der Waals surface area (Å²) < 4.78 is 1.45. The lowest BCUT2D eigenvalue weighted by Crippen LogP contribution is -2.24. The van der Waals surface area contributed by atoms with Crippen molar-refractivity contribution in [2.45, 2.75) is 25.3 Å². The number of anilines is 1. The molecule has 0 radical (unpaired) electrons. The average molecular weight is 239 g/mol. The Bertz CT molecular complexity index is 397. The van der Waals surface area contributed by atoms with E-state index in [0.717, 1.165) is 13.0 Å². The standard InChI is InChI=1S/C10H17N5O2/c1-14-7-9(15(16)17)10(13-14)12-6-4-8-3-2-5-11-8/h7-8,11H,2-6H2,1H3,(H,12,13)/t8-/m1/s1. The third kappa shape index (κ3) is 2.94. The van der Waals surface area contributed by atoms with Gasteiger partial charge in [0.15, 0.2) is 0 Å². The molecular weight excluding hydrogens is 222 g/mol. The van der Waals surface area contributed by atoms with Crippen LogP contribution in [0.3, 0.4) is 0 Å². The number of rotatable bonds is 5. The Morgan fingerprint density at radius 1 is 1.76 bits per heavy atom. The number of nitrogens with one attached hydrogen (secondary N) is 2. The zero-order valence-electron chi connectivity index (χ0n) is 9.85. The molecule has 1 atom stereocenters. The lowest BCUT2D eigenvalue weighted by molar-refractivity contribution is -0.384. The van der Waals surface area contributed by atoms with Crippen molar-refractivity contribution in [1.29, 1.82) is 0 Å². The summed E-state index contributed by atoms with van der Waals surface area (Å²) >= 11 is 0. The second kappa shape index (κ2) is 5.13. The van der Waals surface area contributed by atoms with Crippen molar-refractivity contribution in [2.24, 2.45) is 7.05 Å². The number of hydrogen-bond acceptors (Lipinski definition) is 5. The van der Waals surface area contributed by atoms with Crippen LogP contribution in [0.4, 0.5) is 11.5 Å². The van der Waals surface area contributed by atoms with Crippen LogP contribution in [-0.4, -0.2) is 33.8 Å². The molecule has 2 heterocycles. The van der Waals surface area contributed by atoms with Crippen LogP contribution >= 0.6 is 0 Å². The largest absolute Gasteiger partial charge is 0.363 e. The van der Waals surface area contributed by atoms with Gasteiger partial charge in [-0.15, -0.1) is 5.10 Å². The van der Waals surface area contributed by atoms with Crippen molar-refractivity contribution >= 4 is 11.5 Å². The van der Waals surface area contributed by atoms with Crippen LogP contribution in [0.25, 0.3) is 0 Å². The van der Waals surface area contributed by atoms with Crippen molar-refractivity contribution in [3.63, 3.8) is 0 Å². The molecule has 0 aromatic carbocycles. The molecular formula is C10H17N5O2. The number of nitrogens with zero attached hydrogens (tertiary/aromatic N) is 3. The average Bonchev–Trinajstić information content (AvgIpc) is 2.88. The van der Waals surface area contributed by atoms with Gasteiger partial charge in [-0.1, -0.05) is 0 Å². The first kappa shape index (κ1) is 11.8. The predicted octanol–water partition coefficient (Wildman–Crippen LogP) is 0.882. The molecule has 1 aliphatic rings. The van der Waals surface area contributed by atoms with Crippen LogP contribution in [0.5, 0.6) is 0 Å². The highest BCUT2D eigenvalue weighted by molar-refractivity contribution is 5.54.